The fraction of sp³-hybridized carbons (Fsp3) is 0.344. The predicted molar refractivity (Wildman–Crippen MR) is 143 cm³/mol. The summed E-state index contributed by atoms with van der Waals surface area (Å²) in [5, 5.41) is 5.05. The minimum atomic E-state index is 0.154. The van der Waals surface area contributed by atoms with Gasteiger partial charge in [0.25, 0.3) is 0 Å². The molecule has 0 saturated heterocycles. The van der Waals surface area contributed by atoms with Crippen molar-refractivity contribution in [2.45, 2.75) is 65.2 Å². The maximum absolute atomic E-state index is 6.72. The fourth-order valence-corrected chi connectivity index (χ4v) is 6.18. The monoisotopic (exact) mass is 448 g/mol. The van der Waals surface area contributed by atoms with Crippen LogP contribution in [-0.2, 0) is 17.9 Å². The first-order chi connectivity index (χ1) is 16.1. The number of aromatic nitrogens is 1. The van der Waals surface area contributed by atoms with Crippen molar-refractivity contribution in [3.8, 4) is 11.3 Å². The van der Waals surface area contributed by atoms with Gasteiger partial charge in [-0.15, -0.1) is 0 Å². The van der Waals surface area contributed by atoms with Crippen molar-refractivity contribution >= 4 is 32.7 Å². The number of fused-ring (bicyclic) bond motifs is 6. The highest BCUT2D eigenvalue weighted by Crippen LogP contribution is 2.49. The lowest BCUT2D eigenvalue weighted by molar-refractivity contribution is -0.660. The Kier molecular flexibility index (Phi) is 4.37. The van der Waals surface area contributed by atoms with Gasteiger partial charge in [0.2, 0.25) is 5.69 Å². The molecule has 2 heterocycles. The summed E-state index contributed by atoms with van der Waals surface area (Å²) in [5.41, 5.74) is 10.2. The van der Waals surface area contributed by atoms with Crippen molar-refractivity contribution < 1.29 is 8.98 Å². The molecule has 0 bridgehead atoms. The summed E-state index contributed by atoms with van der Waals surface area (Å²) in [7, 11) is 2.11. The second kappa shape index (κ2) is 6.95. The average molecular weight is 449 g/mol. The summed E-state index contributed by atoms with van der Waals surface area (Å²) in [6.45, 7) is 13.9. The SMILES string of the molecule is Cc1cc[n+](C)c(-c2c(C)ccc3c2oc2cc4c5c(ccc4cc23)C(C)(C)CCC5(C)C)c1. The van der Waals surface area contributed by atoms with Crippen molar-refractivity contribution in [2.75, 3.05) is 0 Å². The predicted octanol–water partition coefficient (Wildman–Crippen LogP) is 8.20. The van der Waals surface area contributed by atoms with Gasteiger partial charge in [0, 0.05) is 22.9 Å². The van der Waals surface area contributed by atoms with E-state index in [4.69, 9.17) is 4.42 Å². The second-order valence-corrected chi connectivity index (χ2v) is 11.8. The molecule has 0 radical (unpaired) electrons. The van der Waals surface area contributed by atoms with Crippen LogP contribution in [0.2, 0.25) is 0 Å². The van der Waals surface area contributed by atoms with E-state index in [0.29, 0.717) is 0 Å². The highest BCUT2D eigenvalue weighted by molar-refractivity contribution is 6.13. The van der Waals surface area contributed by atoms with Crippen molar-refractivity contribution in [3.63, 3.8) is 0 Å². The molecule has 0 atom stereocenters. The van der Waals surface area contributed by atoms with Gasteiger partial charge >= 0.3 is 0 Å². The maximum atomic E-state index is 6.72. The van der Waals surface area contributed by atoms with Crippen LogP contribution in [0.25, 0.3) is 44.0 Å². The average Bonchev–Trinajstić information content (AvgIpc) is 3.14. The maximum Gasteiger partial charge on any atom is 0.216 e. The van der Waals surface area contributed by atoms with Gasteiger partial charge in [-0.05, 0) is 82.7 Å². The van der Waals surface area contributed by atoms with Crippen LogP contribution in [0, 0.1) is 13.8 Å². The summed E-state index contributed by atoms with van der Waals surface area (Å²) in [5.74, 6) is 0. The van der Waals surface area contributed by atoms with Gasteiger partial charge in [-0.25, -0.2) is 4.57 Å². The van der Waals surface area contributed by atoms with E-state index in [1.807, 2.05) is 0 Å². The Morgan fingerprint density at radius 1 is 0.794 bits per heavy atom. The van der Waals surface area contributed by atoms with Crippen LogP contribution in [-0.4, -0.2) is 0 Å². The summed E-state index contributed by atoms with van der Waals surface area (Å²) in [6, 6.07) is 18.2. The molecule has 1 aliphatic carbocycles. The molecule has 2 nitrogen and oxygen atoms in total. The van der Waals surface area contributed by atoms with Gasteiger partial charge in [-0.3, -0.25) is 0 Å². The molecule has 2 heteroatoms. The van der Waals surface area contributed by atoms with Crippen molar-refractivity contribution in [2.24, 2.45) is 7.05 Å². The van der Waals surface area contributed by atoms with Gasteiger partial charge in [-0.2, -0.15) is 0 Å². The molecule has 34 heavy (non-hydrogen) atoms. The molecule has 1 aliphatic rings. The fourth-order valence-electron chi connectivity index (χ4n) is 6.18. The van der Waals surface area contributed by atoms with Crippen LogP contribution in [0.3, 0.4) is 0 Å². The molecule has 0 spiro atoms. The van der Waals surface area contributed by atoms with Crippen LogP contribution in [0.4, 0.5) is 0 Å². The number of hydrogen-bond acceptors (Lipinski definition) is 1. The van der Waals surface area contributed by atoms with E-state index in [-0.39, 0.29) is 10.8 Å². The molecule has 5 aromatic rings. The highest BCUT2D eigenvalue weighted by atomic mass is 16.3. The summed E-state index contributed by atoms with van der Waals surface area (Å²) >= 11 is 0. The number of hydrogen-bond donors (Lipinski definition) is 0. The third-order valence-electron chi connectivity index (χ3n) is 8.33. The van der Waals surface area contributed by atoms with Crippen molar-refractivity contribution in [1.29, 1.82) is 0 Å². The first kappa shape index (κ1) is 21.4. The molecule has 2 aromatic heterocycles. The first-order valence-electron chi connectivity index (χ1n) is 12.5. The van der Waals surface area contributed by atoms with E-state index < -0.39 is 0 Å². The summed E-state index contributed by atoms with van der Waals surface area (Å²) in [6.07, 6.45) is 4.56. The standard InChI is InChI=1S/C32H34NO/c1-19-12-15-33(7)26(16-19)28-20(2)8-10-22-24-17-21-9-11-25-29(23(21)18-27(24)34-30(22)28)32(5,6)14-13-31(25,3)4/h8-12,15-18H,13-14H2,1-7H3/q+1. The van der Waals surface area contributed by atoms with Crippen LogP contribution >= 0.6 is 0 Å². The van der Waals surface area contributed by atoms with Crippen LogP contribution in [0.5, 0.6) is 0 Å². The highest BCUT2D eigenvalue weighted by Gasteiger charge is 2.38. The minimum absolute atomic E-state index is 0.154. The first-order valence-corrected chi connectivity index (χ1v) is 12.5. The van der Waals surface area contributed by atoms with E-state index >= 15 is 0 Å². The molecular formula is C32H34NO+. The zero-order chi connectivity index (χ0) is 24.0. The van der Waals surface area contributed by atoms with E-state index in [0.717, 1.165) is 11.2 Å². The van der Waals surface area contributed by atoms with Gasteiger partial charge in [0.05, 0.1) is 5.56 Å². The molecule has 0 fully saturated rings. The van der Waals surface area contributed by atoms with Crippen LogP contribution < -0.4 is 4.57 Å². The zero-order valence-electron chi connectivity index (χ0n) is 21.5. The Hall–Kier alpha value is -3.13. The quantitative estimate of drug-likeness (QED) is 0.236. The lowest BCUT2D eigenvalue weighted by Gasteiger charge is -2.42. The Morgan fingerprint density at radius 3 is 2.35 bits per heavy atom. The Labute approximate surface area is 202 Å². The number of benzene rings is 3. The van der Waals surface area contributed by atoms with Gasteiger partial charge in [0.1, 0.15) is 18.2 Å². The topological polar surface area (TPSA) is 17.0 Å². The van der Waals surface area contributed by atoms with Gasteiger partial charge < -0.3 is 4.42 Å². The second-order valence-electron chi connectivity index (χ2n) is 11.8. The summed E-state index contributed by atoms with van der Waals surface area (Å²) < 4.78 is 8.91. The molecule has 0 aliphatic heterocycles. The lowest BCUT2D eigenvalue weighted by Crippen LogP contribution is -2.34. The largest absolute Gasteiger partial charge is 0.455 e. The molecule has 172 valence electrons. The summed E-state index contributed by atoms with van der Waals surface area (Å²) in [4.78, 5) is 0. The normalized spacial score (nSPS) is 16.9. The van der Waals surface area contributed by atoms with E-state index in [9.17, 15) is 0 Å². The Bertz CT molecular complexity index is 1630. The van der Waals surface area contributed by atoms with Crippen molar-refractivity contribution in [3.05, 3.63) is 77.0 Å². The number of aryl methyl sites for hydroxylation is 3. The number of nitrogens with zero attached hydrogens (tertiary/aromatic N) is 1. The number of rotatable bonds is 1. The zero-order valence-corrected chi connectivity index (χ0v) is 21.5. The van der Waals surface area contributed by atoms with Crippen molar-refractivity contribution in [1.82, 2.24) is 0 Å². The van der Waals surface area contributed by atoms with E-state index in [1.54, 1.807) is 0 Å². The lowest BCUT2D eigenvalue weighted by atomic mass is 9.62. The van der Waals surface area contributed by atoms with E-state index in [2.05, 4.69) is 108 Å². The smallest absolute Gasteiger partial charge is 0.216 e. The molecule has 6 rings (SSSR count). The molecule has 0 amide bonds. The minimum Gasteiger partial charge on any atom is -0.455 e. The third kappa shape index (κ3) is 2.97. The van der Waals surface area contributed by atoms with Gasteiger partial charge in [-0.1, -0.05) is 52.0 Å². The van der Waals surface area contributed by atoms with Gasteiger partial charge in [0.15, 0.2) is 6.20 Å². The van der Waals surface area contributed by atoms with Crippen LogP contribution in [0.1, 0.15) is 62.8 Å². The Morgan fingerprint density at radius 2 is 1.56 bits per heavy atom. The molecular weight excluding hydrogens is 414 g/mol. The molecule has 0 saturated carbocycles. The van der Waals surface area contributed by atoms with Crippen LogP contribution in [0.15, 0.2) is 59.1 Å². The van der Waals surface area contributed by atoms with E-state index in [1.165, 1.54) is 67.9 Å². The molecule has 3 aromatic carbocycles. The molecule has 0 unspecified atom stereocenters. The Balaban J connectivity index is 1.71. The number of furan rings is 1. The third-order valence-corrected chi connectivity index (χ3v) is 8.33. The molecule has 0 N–H and O–H groups in total. The number of pyridine rings is 1.